The van der Waals surface area contributed by atoms with Gasteiger partial charge >= 0.3 is 6.03 Å². The van der Waals surface area contributed by atoms with Crippen molar-refractivity contribution in [1.29, 1.82) is 0 Å². The zero-order chi connectivity index (χ0) is 23.4. The van der Waals surface area contributed by atoms with Gasteiger partial charge in [0.15, 0.2) is 0 Å². The number of piperidine rings is 1. The fraction of sp³-hybridized carbons (Fsp3) is 0.500. The van der Waals surface area contributed by atoms with Crippen molar-refractivity contribution in [1.82, 2.24) is 9.80 Å². The number of benzene rings is 2. The van der Waals surface area contributed by atoms with Gasteiger partial charge in [-0.2, -0.15) is 0 Å². The molecule has 1 saturated heterocycles. The van der Waals surface area contributed by atoms with Crippen LogP contribution in [0.3, 0.4) is 0 Å². The van der Waals surface area contributed by atoms with E-state index in [4.69, 9.17) is 0 Å². The molecule has 33 heavy (non-hydrogen) atoms. The smallest absolute Gasteiger partial charge is 0.324 e. The van der Waals surface area contributed by atoms with E-state index in [2.05, 4.69) is 36.1 Å². The van der Waals surface area contributed by atoms with E-state index >= 15 is 0 Å². The summed E-state index contributed by atoms with van der Waals surface area (Å²) < 4.78 is 0. The Morgan fingerprint density at radius 1 is 0.939 bits per heavy atom. The Balaban J connectivity index is 1.55. The third-order valence-electron chi connectivity index (χ3n) is 7.58. The molecule has 3 amide bonds. The second-order valence-corrected chi connectivity index (χ2v) is 9.69. The summed E-state index contributed by atoms with van der Waals surface area (Å²) in [7, 11) is 3.70. The highest BCUT2D eigenvalue weighted by Crippen LogP contribution is 2.33. The van der Waals surface area contributed by atoms with Crippen molar-refractivity contribution in [3.05, 3.63) is 65.7 Å². The fourth-order valence-electron chi connectivity index (χ4n) is 5.39. The van der Waals surface area contributed by atoms with Gasteiger partial charge in [-0.15, -0.1) is 0 Å². The third kappa shape index (κ3) is 5.23. The molecule has 0 aromatic heterocycles. The van der Waals surface area contributed by atoms with Crippen molar-refractivity contribution in [3.8, 4) is 0 Å². The molecule has 5 heteroatoms. The molecule has 1 aliphatic carbocycles. The number of para-hydroxylation sites is 1. The Bertz CT molecular complexity index is 937. The third-order valence-corrected chi connectivity index (χ3v) is 7.58. The average Bonchev–Trinajstić information content (AvgIpc) is 3.42. The fourth-order valence-corrected chi connectivity index (χ4v) is 5.39. The summed E-state index contributed by atoms with van der Waals surface area (Å²) in [4.78, 5) is 32.3. The molecular formula is C28H37N3O2. The van der Waals surface area contributed by atoms with E-state index in [-0.39, 0.29) is 29.8 Å². The number of carbonyl (C=O) groups is 2. The molecule has 1 heterocycles. The van der Waals surface area contributed by atoms with Crippen LogP contribution in [0.2, 0.25) is 0 Å². The van der Waals surface area contributed by atoms with Crippen molar-refractivity contribution in [2.45, 2.75) is 57.4 Å². The lowest BCUT2D eigenvalue weighted by molar-refractivity contribution is -0.137. The van der Waals surface area contributed by atoms with Gasteiger partial charge in [-0.05, 0) is 48.9 Å². The number of hydrogen-bond donors (Lipinski definition) is 0. The normalized spacial score (nSPS) is 21.1. The summed E-state index contributed by atoms with van der Waals surface area (Å²) in [6.07, 6.45) is 6.18. The van der Waals surface area contributed by atoms with Gasteiger partial charge in [-0.25, -0.2) is 4.79 Å². The van der Waals surface area contributed by atoms with Gasteiger partial charge in [0.05, 0.1) is 6.04 Å². The SMILES string of the molecule is CCc1ccc(C2CC(N(C)C(=O)N(C)c3ccccc3)CN(C(=O)C3CCCC3)C2)cc1. The first kappa shape index (κ1) is 23.3. The van der Waals surface area contributed by atoms with Gasteiger partial charge in [-0.1, -0.05) is 62.2 Å². The molecule has 0 bridgehead atoms. The lowest BCUT2D eigenvalue weighted by atomic mass is 9.86. The number of likely N-dealkylation sites (N-methyl/N-ethyl adjacent to an activating group) is 1. The maximum atomic E-state index is 13.4. The summed E-state index contributed by atoms with van der Waals surface area (Å²) >= 11 is 0. The van der Waals surface area contributed by atoms with Crippen LogP contribution < -0.4 is 4.90 Å². The quantitative estimate of drug-likeness (QED) is 0.623. The second-order valence-electron chi connectivity index (χ2n) is 9.69. The van der Waals surface area contributed by atoms with Crippen LogP contribution in [0.25, 0.3) is 0 Å². The van der Waals surface area contributed by atoms with Gasteiger partial charge in [0.2, 0.25) is 5.91 Å². The molecule has 2 atom stereocenters. The molecule has 2 aliphatic rings. The first-order valence-electron chi connectivity index (χ1n) is 12.4. The van der Waals surface area contributed by atoms with Crippen LogP contribution in [-0.4, -0.2) is 55.0 Å². The highest BCUT2D eigenvalue weighted by atomic mass is 16.2. The van der Waals surface area contributed by atoms with E-state index in [1.807, 2.05) is 49.3 Å². The lowest BCUT2D eigenvalue weighted by Gasteiger charge is -2.43. The Kier molecular flexibility index (Phi) is 7.36. The monoisotopic (exact) mass is 447 g/mol. The molecule has 0 N–H and O–H groups in total. The van der Waals surface area contributed by atoms with E-state index in [1.54, 1.807) is 4.90 Å². The highest BCUT2D eigenvalue weighted by Gasteiger charge is 2.37. The van der Waals surface area contributed by atoms with E-state index in [1.165, 1.54) is 11.1 Å². The van der Waals surface area contributed by atoms with Crippen molar-refractivity contribution in [3.63, 3.8) is 0 Å². The van der Waals surface area contributed by atoms with Crippen molar-refractivity contribution >= 4 is 17.6 Å². The minimum Gasteiger partial charge on any atom is -0.340 e. The van der Waals surface area contributed by atoms with Crippen LogP contribution in [0.1, 0.15) is 56.1 Å². The zero-order valence-corrected chi connectivity index (χ0v) is 20.2. The number of anilines is 1. The predicted molar refractivity (Wildman–Crippen MR) is 134 cm³/mol. The van der Waals surface area contributed by atoms with Gasteiger partial charge in [0.1, 0.15) is 0 Å². The van der Waals surface area contributed by atoms with Gasteiger partial charge in [0, 0.05) is 44.7 Å². The number of rotatable bonds is 5. The molecule has 5 nitrogen and oxygen atoms in total. The second kappa shape index (κ2) is 10.4. The van der Waals surface area contributed by atoms with Crippen LogP contribution in [0, 0.1) is 5.92 Å². The lowest BCUT2D eigenvalue weighted by Crippen LogP contribution is -2.55. The van der Waals surface area contributed by atoms with Crippen LogP contribution in [0.15, 0.2) is 54.6 Å². The molecule has 176 valence electrons. The number of urea groups is 1. The molecule has 4 rings (SSSR count). The summed E-state index contributed by atoms with van der Waals surface area (Å²) in [5.74, 6) is 0.668. The van der Waals surface area contributed by atoms with Gasteiger partial charge in [-0.3, -0.25) is 9.69 Å². The molecule has 1 aliphatic heterocycles. The molecular weight excluding hydrogens is 410 g/mol. The molecule has 2 aromatic carbocycles. The molecule has 2 fully saturated rings. The summed E-state index contributed by atoms with van der Waals surface area (Å²) in [5, 5.41) is 0. The van der Waals surface area contributed by atoms with E-state index in [0.717, 1.165) is 50.8 Å². The molecule has 2 aromatic rings. The van der Waals surface area contributed by atoms with Gasteiger partial charge in [0.25, 0.3) is 0 Å². The number of likely N-dealkylation sites (tertiary alicyclic amines) is 1. The van der Waals surface area contributed by atoms with Crippen LogP contribution >= 0.6 is 0 Å². The average molecular weight is 448 g/mol. The molecule has 2 unspecified atom stereocenters. The number of aryl methyl sites for hydroxylation is 1. The molecule has 0 radical (unpaired) electrons. The summed E-state index contributed by atoms with van der Waals surface area (Å²) in [6.45, 7) is 3.52. The number of carbonyl (C=O) groups excluding carboxylic acids is 2. The van der Waals surface area contributed by atoms with Gasteiger partial charge < -0.3 is 9.80 Å². The molecule has 1 saturated carbocycles. The standard InChI is InChI=1S/C28H37N3O2/c1-4-21-14-16-22(17-15-21)24-18-26(20-31(19-24)27(32)23-10-8-9-11-23)30(3)28(33)29(2)25-12-6-5-7-13-25/h5-7,12-17,23-24,26H,4,8-11,18-20H2,1-3H3. The minimum absolute atomic E-state index is 0.0152. The Hall–Kier alpha value is -2.82. The maximum Gasteiger partial charge on any atom is 0.324 e. The first-order valence-corrected chi connectivity index (χ1v) is 12.4. The zero-order valence-electron chi connectivity index (χ0n) is 20.2. The number of nitrogens with zero attached hydrogens (tertiary/aromatic N) is 3. The largest absolute Gasteiger partial charge is 0.340 e. The highest BCUT2D eigenvalue weighted by molar-refractivity contribution is 5.91. The summed E-state index contributed by atoms with van der Waals surface area (Å²) in [6, 6.07) is 18.5. The Labute approximate surface area is 198 Å². The summed E-state index contributed by atoms with van der Waals surface area (Å²) in [5.41, 5.74) is 3.45. The number of amides is 3. The van der Waals surface area contributed by atoms with Crippen LogP contribution in [0.4, 0.5) is 10.5 Å². The Morgan fingerprint density at radius 2 is 1.61 bits per heavy atom. The van der Waals surface area contributed by atoms with Crippen LogP contribution in [0.5, 0.6) is 0 Å². The van der Waals surface area contributed by atoms with E-state index in [9.17, 15) is 9.59 Å². The minimum atomic E-state index is -0.0403. The van der Waals surface area contributed by atoms with E-state index in [0.29, 0.717) is 6.54 Å². The predicted octanol–water partition coefficient (Wildman–Crippen LogP) is 5.31. The van der Waals surface area contributed by atoms with Crippen molar-refractivity contribution < 1.29 is 9.59 Å². The van der Waals surface area contributed by atoms with Crippen LogP contribution in [-0.2, 0) is 11.2 Å². The first-order chi connectivity index (χ1) is 16.0. The molecule has 0 spiro atoms. The maximum absolute atomic E-state index is 13.4. The number of hydrogen-bond acceptors (Lipinski definition) is 2. The topological polar surface area (TPSA) is 43.9 Å². The Morgan fingerprint density at radius 3 is 2.24 bits per heavy atom. The van der Waals surface area contributed by atoms with Crippen molar-refractivity contribution in [2.75, 3.05) is 32.1 Å². The van der Waals surface area contributed by atoms with E-state index < -0.39 is 0 Å². The van der Waals surface area contributed by atoms with Crippen molar-refractivity contribution in [2.24, 2.45) is 5.92 Å².